The van der Waals surface area contributed by atoms with Crippen molar-refractivity contribution in [3.05, 3.63) is 64.5 Å². The molecule has 1 aliphatic rings. The van der Waals surface area contributed by atoms with Gasteiger partial charge in [-0.05, 0) is 29.7 Å². The molecule has 0 fully saturated rings. The second-order valence-electron chi connectivity index (χ2n) is 5.29. The number of fused-ring (bicyclic) bond motifs is 2. The predicted molar refractivity (Wildman–Crippen MR) is 88.2 cm³/mol. The van der Waals surface area contributed by atoms with Crippen LogP contribution in [0.1, 0.15) is 25.6 Å². The lowest BCUT2D eigenvalue weighted by molar-refractivity contribution is 0.0999. The number of benzene rings is 2. The average Bonchev–Trinajstić information content (AvgIpc) is 2.93. The molecule has 5 heteroatoms. The van der Waals surface area contributed by atoms with Gasteiger partial charge in [0.25, 0.3) is 0 Å². The molecule has 0 unspecified atom stereocenters. The van der Waals surface area contributed by atoms with E-state index in [1.54, 1.807) is 0 Å². The first-order valence-corrected chi connectivity index (χ1v) is 7.72. The van der Waals surface area contributed by atoms with Gasteiger partial charge in [-0.25, -0.2) is 0 Å². The SMILES string of the molecule is O=C1C(c2cc3ccccc3s2)=CC(=O)c2c(O)cc(O)cc21. The van der Waals surface area contributed by atoms with E-state index in [1.165, 1.54) is 23.5 Å². The zero-order valence-corrected chi connectivity index (χ0v) is 12.6. The van der Waals surface area contributed by atoms with E-state index in [2.05, 4.69) is 0 Å². The lowest BCUT2D eigenvalue weighted by Crippen LogP contribution is -2.15. The summed E-state index contributed by atoms with van der Waals surface area (Å²) in [4.78, 5) is 25.7. The van der Waals surface area contributed by atoms with Gasteiger partial charge < -0.3 is 10.2 Å². The first-order chi connectivity index (χ1) is 11.0. The Morgan fingerprint density at radius 3 is 2.52 bits per heavy atom. The number of Topliss-reactive ketones (excluding diaryl/α,β-unsaturated/α-hetero) is 1. The quantitative estimate of drug-likeness (QED) is 0.715. The summed E-state index contributed by atoms with van der Waals surface area (Å²) in [7, 11) is 0. The van der Waals surface area contributed by atoms with Crippen molar-refractivity contribution in [2.24, 2.45) is 0 Å². The van der Waals surface area contributed by atoms with Crippen molar-refractivity contribution in [1.82, 2.24) is 0 Å². The Labute approximate surface area is 134 Å². The van der Waals surface area contributed by atoms with E-state index in [-0.39, 0.29) is 34.0 Å². The summed E-state index contributed by atoms with van der Waals surface area (Å²) < 4.78 is 1.02. The van der Waals surface area contributed by atoms with Crippen LogP contribution < -0.4 is 0 Å². The molecular weight excluding hydrogens is 312 g/mol. The maximum Gasteiger partial charge on any atom is 0.195 e. The van der Waals surface area contributed by atoms with Gasteiger partial charge in [0.05, 0.1) is 5.56 Å². The zero-order chi connectivity index (χ0) is 16.1. The van der Waals surface area contributed by atoms with Crippen LogP contribution >= 0.6 is 11.3 Å². The molecule has 0 saturated carbocycles. The van der Waals surface area contributed by atoms with E-state index >= 15 is 0 Å². The van der Waals surface area contributed by atoms with E-state index in [0.717, 1.165) is 16.2 Å². The lowest BCUT2D eigenvalue weighted by Gasteiger charge is -2.15. The van der Waals surface area contributed by atoms with Gasteiger partial charge in [0.15, 0.2) is 11.6 Å². The Morgan fingerprint density at radius 2 is 1.74 bits per heavy atom. The molecule has 0 bridgehead atoms. The molecule has 2 aromatic carbocycles. The smallest absolute Gasteiger partial charge is 0.195 e. The molecular formula is C18H10O4S. The predicted octanol–water partition coefficient (Wildman–Crippen LogP) is 3.78. The number of rotatable bonds is 1. The molecule has 0 amide bonds. The topological polar surface area (TPSA) is 74.6 Å². The highest BCUT2D eigenvalue weighted by molar-refractivity contribution is 7.20. The molecule has 0 radical (unpaired) electrons. The summed E-state index contributed by atoms with van der Waals surface area (Å²) in [6, 6.07) is 11.9. The van der Waals surface area contributed by atoms with Gasteiger partial charge in [-0.15, -0.1) is 11.3 Å². The number of phenols is 2. The van der Waals surface area contributed by atoms with E-state index < -0.39 is 5.78 Å². The van der Waals surface area contributed by atoms with Crippen LogP contribution in [0.15, 0.2) is 48.5 Å². The van der Waals surface area contributed by atoms with Gasteiger partial charge >= 0.3 is 0 Å². The van der Waals surface area contributed by atoms with E-state index in [4.69, 9.17) is 0 Å². The maximum atomic E-state index is 12.7. The standard InChI is InChI=1S/C18H10O4S/c19-10-6-12-17(13(20)7-10)14(21)8-11(18(12)22)16-5-9-3-1-2-4-15(9)23-16/h1-8,19-20H. The Morgan fingerprint density at radius 1 is 0.957 bits per heavy atom. The molecule has 4 rings (SSSR count). The molecule has 1 heterocycles. The number of thiophene rings is 1. The summed E-state index contributed by atoms with van der Waals surface area (Å²) in [6.07, 6.45) is 1.26. The average molecular weight is 322 g/mol. The number of hydrogen-bond acceptors (Lipinski definition) is 5. The van der Waals surface area contributed by atoms with Gasteiger partial charge in [0.2, 0.25) is 0 Å². The van der Waals surface area contributed by atoms with E-state index in [0.29, 0.717) is 4.88 Å². The highest BCUT2D eigenvalue weighted by Gasteiger charge is 2.30. The minimum absolute atomic E-state index is 0.0301. The fraction of sp³-hybridized carbons (Fsp3) is 0. The molecule has 1 aliphatic carbocycles. The van der Waals surface area contributed by atoms with Gasteiger partial charge in [0.1, 0.15) is 11.5 Å². The Bertz CT molecular complexity index is 994. The lowest BCUT2D eigenvalue weighted by atomic mass is 9.88. The van der Waals surface area contributed by atoms with E-state index in [9.17, 15) is 19.8 Å². The largest absolute Gasteiger partial charge is 0.508 e. The van der Waals surface area contributed by atoms with Crippen molar-refractivity contribution in [2.75, 3.05) is 0 Å². The third-order valence-corrected chi connectivity index (χ3v) is 4.95. The van der Waals surface area contributed by atoms with Crippen LogP contribution in [0.4, 0.5) is 0 Å². The number of carbonyl (C=O) groups is 2. The number of hydrogen-bond donors (Lipinski definition) is 2. The number of phenolic OH excluding ortho intramolecular Hbond substituents is 2. The van der Waals surface area contributed by atoms with Gasteiger partial charge in [-0.3, -0.25) is 9.59 Å². The molecule has 0 atom stereocenters. The molecule has 2 N–H and O–H groups in total. The molecule has 4 nitrogen and oxygen atoms in total. The van der Waals surface area contributed by atoms with Crippen molar-refractivity contribution in [1.29, 1.82) is 0 Å². The normalized spacial score (nSPS) is 14.0. The van der Waals surface area contributed by atoms with Crippen molar-refractivity contribution in [3.8, 4) is 11.5 Å². The van der Waals surface area contributed by atoms with Crippen LogP contribution in [0, 0.1) is 0 Å². The Kier molecular flexibility index (Phi) is 2.86. The van der Waals surface area contributed by atoms with Gasteiger partial charge in [0, 0.05) is 26.8 Å². The first-order valence-electron chi connectivity index (χ1n) is 6.90. The third kappa shape index (κ3) is 2.05. The number of ketones is 2. The van der Waals surface area contributed by atoms with E-state index in [1.807, 2.05) is 30.3 Å². The summed E-state index contributed by atoms with van der Waals surface area (Å²) in [5, 5.41) is 20.4. The molecule has 0 saturated heterocycles. The first kappa shape index (κ1) is 13.7. The highest BCUT2D eigenvalue weighted by atomic mass is 32.1. The number of allylic oxidation sites excluding steroid dienone is 2. The molecule has 1 aromatic heterocycles. The Hall–Kier alpha value is -2.92. The van der Waals surface area contributed by atoms with Crippen molar-refractivity contribution < 1.29 is 19.8 Å². The molecule has 0 spiro atoms. The minimum atomic E-state index is -0.440. The van der Waals surface area contributed by atoms with Crippen LogP contribution in [0.25, 0.3) is 15.7 Å². The fourth-order valence-corrected chi connectivity index (χ4v) is 3.84. The number of aromatic hydroxyl groups is 2. The van der Waals surface area contributed by atoms with Gasteiger partial charge in [-0.1, -0.05) is 18.2 Å². The second kappa shape index (κ2) is 4.79. The van der Waals surface area contributed by atoms with Crippen molar-refractivity contribution in [2.45, 2.75) is 0 Å². The highest BCUT2D eigenvalue weighted by Crippen LogP contribution is 2.38. The number of carbonyl (C=O) groups excluding carboxylic acids is 2. The van der Waals surface area contributed by atoms with Crippen molar-refractivity contribution in [3.63, 3.8) is 0 Å². The van der Waals surface area contributed by atoms with Gasteiger partial charge in [-0.2, -0.15) is 0 Å². The second-order valence-corrected chi connectivity index (χ2v) is 6.37. The van der Waals surface area contributed by atoms with Crippen LogP contribution in [-0.4, -0.2) is 21.8 Å². The summed E-state index contributed by atoms with van der Waals surface area (Å²) in [6.45, 7) is 0. The molecule has 3 aromatic rings. The molecule has 0 aliphatic heterocycles. The molecule has 112 valence electrons. The van der Waals surface area contributed by atoms with Crippen LogP contribution in [0.2, 0.25) is 0 Å². The summed E-state index contributed by atoms with van der Waals surface area (Å²) in [5.41, 5.74) is 0.258. The Balaban J connectivity index is 1.91. The summed E-state index contributed by atoms with van der Waals surface area (Å²) in [5.74, 6) is -1.45. The monoisotopic (exact) mass is 322 g/mol. The fourth-order valence-electron chi connectivity index (χ4n) is 2.76. The minimum Gasteiger partial charge on any atom is -0.508 e. The molecule has 23 heavy (non-hydrogen) atoms. The maximum absolute atomic E-state index is 12.7. The summed E-state index contributed by atoms with van der Waals surface area (Å²) >= 11 is 1.43. The van der Waals surface area contributed by atoms with Crippen LogP contribution in [-0.2, 0) is 0 Å². The van der Waals surface area contributed by atoms with Crippen molar-refractivity contribution >= 4 is 38.6 Å². The van der Waals surface area contributed by atoms with Crippen LogP contribution in [0.5, 0.6) is 11.5 Å². The third-order valence-electron chi connectivity index (χ3n) is 3.80. The van der Waals surface area contributed by atoms with Crippen LogP contribution in [0.3, 0.4) is 0 Å². The zero-order valence-electron chi connectivity index (χ0n) is 11.7.